The van der Waals surface area contributed by atoms with Crippen LogP contribution in [0.2, 0.25) is 5.02 Å². The third kappa shape index (κ3) is 6.26. The van der Waals surface area contributed by atoms with Crippen molar-refractivity contribution < 1.29 is 19.1 Å². The van der Waals surface area contributed by atoms with Crippen molar-refractivity contribution in [1.82, 2.24) is 25.5 Å². The van der Waals surface area contributed by atoms with E-state index in [1.807, 2.05) is 0 Å². The summed E-state index contributed by atoms with van der Waals surface area (Å²) in [4.78, 5) is 25.8. The minimum absolute atomic E-state index is 0.00722. The van der Waals surface area contributed by atoms with Crippen LogP contribution in [0.5, 0.6) is 5.75 Å². The van der Waals surface area contributed by atoms with E-state index in [-0.39, 0.29) is 25.5 Å². The van der Waals surface area contributed by atoms with Crippen LogP contribution in [0.3, 0.4) is 0 Å². The minimum atomic E-state index is -0.572. The average Bonchev–Trinajstić information content (AvgIpc) is 3.22. The number of hydrogen-bond donors (Lipinski definition) is 1. The van der Waals surface area contributed by atoms with E-state index in [1.54, 1.807) is 62.6 Å². The smallest absolute Gasteiger partial charge is 0.308 e. The van der Waals surface area contributed by atoms with Crippen LogP contribution in [-0.2, 0) is 20.9 Å². The Balaban J connectivity index is 1.69. The van der Waals surface area contributed by atoms with Crippen molar-refractivity contribution in [2.24, 2.45) is 0 Å². The highest BCUT2D eigenvalue weighted by Crippen LogP contribution is 2.21. The van der Waals surface area contributed by atoms with Gasteiger partial charge < -0.3 is 14.8 Å². The summed E-state index contributed by atoms with van der Waals surface area (Å²) in [5.74, 6) is 0.270. The lowest BCUT2D eigenvalue weighted by Crippen LogP contribution is -2.33. The summed E-state index contributed by atoms with van der Waals surface area (Å²) in [7, 11) is 1.57. The molecule has 0 radical (unpaired) electrons. The molecule has 0 saturated heterocycles. The quantitative estimate of drug-likeness (QED) is 0.506. The highest BCUT2D eigenvalue weighted by atomic mass is 35.5. The van der Waals surface area contributed by atoms with Crippen LogP contribution in [0.15, 0.2) is 48.5 Å². The Kier molecular flexibility index (Phi) is 7.55. The Hall–Kier alpha value is -3.46. The predicted molar refractivity (Wildman–Crippen MR) is 113 cm³/mol. The third-order valence-corrected chi connectivity index (χ3v) is 4.62. The fraction of sp³-hybridized carbons (Fsp3) is 0.286. The largest absolute Gasteiger partial charge is 0.497 e. The molecule has 0 unspecified atom stereocenters. The molecule has 9 nitrogen and oxygen atoms in total. The second kappa shape index (κ2) is 10.5. The maximum absolute atomic E-state index is 12.6. The van der Waals surface area contributed by atoms with Crippen LogP contribution >= 0.6 is 11.6 Å². The van der Waals surface area contributed by atoms with Gasteiger partial charge in [-0.2, -0.15) is 4.80 Å². The van der Waals surface area contributed by atoms with E-state index >= 15 is 0 Å². The molecule has 0 spiro atoms. The summed E-state index contributed by atoms with van der Waals surface area (Å²) in [6.45, 7) is 1.84. The summed E-state index contributed by atoms with van der Waals surface area (Å²) in [6, 6.07) is 13.5. The zero-order chi connectivity index (χ0) is 22.2. The van der Waals surface area contributed by atoms with E-state index < -0.39 is 12.0 Å². The number of nitrogens with zero attached hydrogens (tertiary/aromatic N) is 4. The number of methoxy groups -OCH3 is 1. The number of benzene rings is 2. The van der Waals surface area contributed by atoms with Crippen molar-refractivity contribution in [3.8, 4) is 17.1 Å². The lowest BCUT2D eigenvalue weighted by atomic mass is 10.0. The number of tetrazole rings is 1. The normalized spacial score (nSPS) is 11.6. The van der Waals surface area contributed by atoms with E-state index in [1.165, 1.54) is 4.80 Å². The molecular weight excluding hydrogens is 422 g/mol. The standard InChI is InChI=1S/C21H22ClN5O4/c1-3-31-20(29)12-18(14-6-10-17(30-2)11-7-14)23-19(28)13-27-25-21(24-26-27)15-4-8-16(22)9-5-15/h4-11,18H,3,12-13H2,1-2H3,(H,23,28)/t18-/m1/s1. The second-order valence-corrected chi connectivity index (χ2v) is 6.99. The van der Waals surface area contributed by atoms with Crippen molar-refractivity contribution in [3.63, 3.8) is 0 Å². The molecule has 1 atom stereocenters. The number of aromatic nitrogens is 4. The van der Waals surface area contributed by atoms with Crippen LogP contribution in [0.1, 0.15) is 24.9 Å². The van der Waals surface area contributed by atoms with E-state index in [0.29, 0.717) is 16.6 Å². The van der Waals surface area contributed by atoms with Crippen molar-refractivity contribution in [3.05, 3.63) is 59.1 Å². The van der Waals surface area contributed by atoms with Crippen LogP contribution in [-0.4, -0.2) is 45.8 Å². The van der Waals surface area contributed by atoms with Crippen molar-refractivity contribution in [2.45, 2.75) is 25.9 Å². The maximum atomic E-state index is 12.6. The van der Waals surface area contributed by atoms with E-state index in [4.69, 9.17) is 21.1 Å². The number of amides is 1. The molecule has 162 valence electrons. The molecule has 2 aromatic carbocycles. The molecular formula is C21H22ClN5O4. The number of ether oxygens (including phenoxy) is 2. The number of esters is 1. The number of carbonyl (C=O) groups is 2. The van der Waals surface area contributed by atoms with Crippen LogP contribution in [0.25, 0.3) is 11.4 Å². The van der Waals surface area contributed by atoms with E-state index in [9.17, 15) is 9.59 Å². The number of halogens is 1. The molecule has 0 saturated carbocycles. The maximum Gasteiger partial charge on any atom is 0.308 e. The van der Waals surface area contributed by atoms with Gasteiger partial charge in [0.2, 0.25) is 11.7 Å². The Labute approximate surface area is 184 Å². The summed E-state index contributed by atoms with van der Waals surface area (Å²) in [6.07, 6.45) is -0.00722. The average molecular weight is 444 g/mol. The molecule has 1 aromatic heterocycles. The van der Waals surface area contributed by atoms with Gasteiger partial charge in [0.15, 0.2) is 0 Å². The molecule has 0 aliphatic heterocycles. The number of carbonyl (C=O) groups excluding carboxylic acids is 2. The molecule has 3 aromatic rings. The lowest BCUT2D eigenvalue weighted by Gasteiger charge is -2.18. The molecule has 0 fully saturated rings. The molecule has 10 heteroatoms. The van der Waals surface area contributed by atoms with Gasteiger partial charge in [0.25, 0.3) is 0 Å². The zero-order valence-electron chi connectivity index (χ0n) is 17.1. The first-order valence-corrected chi connectivity index (χ1v) is 9.99. The predicted octanol–water partition coefficient (Wildman–Crippen LogP) is 2.81. The van der Waals surface area contributed by atoms with Gasteiger partial charge in [-0.05, 0) is 54.1 Å². The molecule has 1 N–H and O–H groups in total. The number of hydrogen-bond acceptors (Lipinski definition) is 7. The highest BCUT2D eigenvalue weighted by Gasteiger charge is 2.20. The first-order chi connectivity index (χ1) is 15.0. The van der Waals surface area contributed by atoms with Crippen LogP contribution in [0, 0.1) is 0 Å². The molecule has 1 heterocycles. The Morgan fingerprint density at radius 2 is 1.84 bits per heavy atom. The molecule has 0 aliphatic carbocycles. The Morgan fingerprint density at radius 3 is 2.48 bits per heavy atom. The zero-order valence-corrected chi connectivity index (χ0v) is 17.9. The fourth-order valence-corrected chi connectivity index (χ4v) is 2.99. The van der Waals surface area contributed by atoms with Gasteiger partial charge in [0, 0.05) is 10.6 Å². The van der Waals surface area contributed by atoms with Gasteiger partial charge in [-0.25, -0.2) is 0 Å². The Bertz CT molecular complexity index is 1020. The molecule has 3 rings (SSSR count). The molecule has 0 bridgehead atoms. The van der Waals surface area contributed by atoms with Crippen LogP contribution < -0.4 is 10.1 Å². The number of rotatable bonds is 9. The molecule has 31 heavy (non-hydrogen) atoms. The van der Waals surface area contributed by atoms with Gasteiger partial charge in [0.1, 0.15) is 12.3 Å². The monoisotopic (exact) mass is 443 g/mol. The topological polar surface area (TPSA) is 108 Å². The van der Waals surface area contributed by atoms with E-state index in [2.05, 4.69) is 20.7 Å². The minimum Gasteiger partial charge on any atom is -0.497 e. The summed E-state index contributed by atoms with van der Waals surface area (Å²) in [5.41, 5.74) is 1.48. The van der Waals surface area contributed by atoms with Gasteiger partial charge in [-0.1, -0.05) is 23.7 Å². The SMILES string of the molecule is CCOC(=O)C[C@@H](NC(=O)Cn1nnc(-c2ccc(Cl)cc2)n1)c1ccc(OC)cc1. The fourth-order valence-electron chi connectivity index (χ4n) is 2.87. The summed E-state index contributed by atoms with van der Waals surface area (Å²) in [5, 5.41) is 15.6. The van der Waals surface area contributed by atoms with Crippen molar-refractivity contribution in [2.75, 3.05) is 13.7 Å². The van der Waals surface area contributed by atoms with Gasteiger partial charge in [0.05, 0.1) is 26.2 Å². The molecule has 0 aliphatic rings. The van der Waals surface area contributed by atoms with Gasteiger partial charge in [-0.3, -0.25) is 9.59 Å². The van der Waals surface area contributed by atoms with Crippen molar-refractivity contribution >= 4 is 23.5 Å². The summed E-state index contributed by atoms with van der Waals surface area (Å²) >= 11 is 5.89. The summed E-state index contributed by atoms with van der Waals surface area (Å²) < 4.78 is 10.2. The van der Waals surface area contributed by atoms with Crippen molar-refractivity contribution in [1.29, 1.82) is 0 Å². The first kappa shape index (κ1) is 22.2. The Morgan fingerprint density at radius 1 is 1.13 bits per heavy atom. The number of nitrogens with one attached hydrogen (secondary N) is 1. The highest BCUT2D eigenvalue weighted by molar-refractivity contribution is 6.30. The van der Waals surface area contributed by atoms with Gasteiger partial charge >= 0.3 is 5.97 Å². The van der Waals surface area contributed by atoms with Crippen LogP contribution in [0.4, 0.5) is 0 Å². The van der Waals surface area contributed by atoms with E-state index in [0.717, 1.165) is 11.1 Å². The lowest BCUT2D eigenvalue weighted by molar-refractivity contribution is -0.143. The molecule has 1 amide bonds. The van der Waals surface area contributed by atoms with Gasteiger partial charge in [-0.15, -0.1) is 10.2 Å². The first-order valence-electron chi connectivity index (χ1n) is 9.61. The third-order valence-electron chi connectivity index (χ3n) is 4.37. The second-order valence-electron chi connectivity index (χ2n) is 6.55.